The van der Waals surface area contributed by atoms with E-state index in [2.05, 4.69) is 17.4 Å². The molecule has 1 aromatic carbocycles. The van der Waals surface area contributed by atoms with Gasteiger partial charge in [0, 0.05) is 23.7 Å². The number of piperidine rings is 1. The minimum atomic E-state index is -0.247. The van der Waals surface area contributed by atoms with Gasteiger partial charge >= 0.3 is 0 Å². The van der Waals surface area contributed by atoms with Crippen molar-refractivity contribution in [2.24, 2.45) is 11.8 Å². The minimum absolute atomic E-state index is 0.132. The van der Waals surface area contributed by atoms with Gasteiger partial charge in [0.1, 0.15) is 11.6 Å². The molecule has 0 radical (unpaired) electrons. The second-order valence-electron chi connectivity index (χ2n) is 6.31. The van der Waals surface area contributed by atoms with Crippen LogP contribution in [0, 0.1) is 11.7 Å². The van der Waals surface area contributed by atoms with Crippen LogP contribution in [0.5, 0.6) is 5.75 Å². The van der Waals surface area contributed by atoms with Crippen LogP contribution in [0.3, 0.4) is 0 Å². The third kappa shape index (κ3) is 2.65. The van der Waals surface area contributed by atoms with E-state index in [1.165, 1.54) is 18.9 Å². The van der Waals surface area contributed by atoms with Crippen molar-refractivity contribution in [1.29, 1.82) is 0 Å². The molecule has 2 heterocycles. The lowest BCUT2D eigenvalue weighted by molar-refractivity contribution is 0.111. The fraction of sp³-hybridized carbons (Fsp3) is 0.625. The van der Waals surface area contributed by atoms with Gasteiger partial charge in [0.25, 0.3) is 0 Å². The first kappa shape index (κ1) is 14.8. The Morgan fingerprint density at radius 2 is 2.00 bits per heavy atom. The van der Waals surface area contributed by atoms with E-state index in [-0.39, 0.29) is 11.9 Å². The van der Waals surface area contributed by atoms with Crippen LogP contribution in [0.25, 0.3) is 0 Å². The number of nitrogens with one attached hydrogen (secondary N) is 1. The maximum absolute atomic E-state index is 14.3. The van der Waals surface area contributed by atoms with Crippen LogP contribution in [0.2, 0.25) is 0 Å². The molecule has 3 N–H and O–H groups in total. The molecule has 5 heteroatoms. The number of hydrazine groups is 1. The van der Waals surface area contributed by atoms with E-state index in [1.807, 2.05) is 0 Å². The molecule has 1 aromatic rings. The first-order valence-electron chi connectivity index (χ1n) is 7.65. The summed E-state index contributed by atoms with van der Waals surface area (Å²) in [6.07, 6.45) is 4.65. The molecule has 2 bridgehead atoms. The second-order valence-corrected chi connectivity index (χ2v) is 6.31. The van der Waals surface area contributed by atoms with E-state index in [0.717, 1.165) is 12.8 Å². The van der Waals surface area contributed by atoms with Gasteiger partial charge in [0.2, 0.25) is 0 Å². The highest BCUT2D eigenvalue weighted by Gasteiger charge is 2.41. The zero-order valence-electron chi connectivity index (χ0n) is 12.7. The van der Waals surface area contributed by atoms with Gasteiger partial charge < -0.3 is 9.64 Å². The van der Waals surface area contributed by atoms with E-state index in [9.17, 15) is 4.39 Å². The van der Waals surface area contributed by atoms with Crippen LogP contribution in [-0.4, -0.2) is 31.1 Å². The lowest BCUT2D eigenvalue weighted by atomic mass is 9.82. The van der Waals surface area contributed by atoms with Crippen molar-refractivity contribution in [3.63, 3.8) is 0 Å². The summed E-state index contributed by atoms with van der Waals surface area (Å²) < 4.78 is 19.4. The molecule has 2 fully saturated rings. The topological polar surface area (TPSA) is 50.5 Å². The summed E-state index contributed by atoms with van der Waals surface area (Å²) in [4.78, 5) is 2.48. The largest absolute Gasteiger partial charge is 0.497 e. The van der Waals surface area contributed by atoms with Crippen molar-refractivity contribution in [1.82, 2.24) is 10.3 Å². The smallest absolute Gasteiger partial charge is 0.131 e. The van der Waals surface area contributed by atoms with Crippen LogP contribution in [0.1, 0.15) is 37.3 Å². The third-order valence-corrected chi connectivity index (χ3v) is 5.33. The number of hydrogen-bond donors (Lipinski definition) is 2. The van der Waals surface area contributed by atoms with Crippen molar-refractivity contribution >= 4 is 0 Å². The summed E-state index contributed by atoms with van der Waals surface area (Å²) in [5, 5.41) is 0. The molecule has 0 aromatic heterocycles. The van der Waals surface area contributed by atoms with Gasteiger partial charge in [-0.3, -0.25) is 11.3 Å². The number of nitrogens with two attached hydrogens (primary N) is 1. The Morgan fingerprint density at radius 3 is 2.52 bits per heavy atom. The van der Waals surface area contributed by atoms with Gasteiger partial charge in [-0.1, -0.05) is 6.07 Å². The standard InChI is InChI=1S/C16H24FN3O/c1-20-11-3-4-12(20)8-10(7-11)16(19-18)14-6-5-13(21-2)9-15(14)17/h5-6,9-12,16,19H,3-4,7-8,18H2,1-2H3. The first-order valence-corrected chi connectivity index (χ1v) is 7.65. The molecular weight excluding hydrogens is 269 g/mol. The van der Waals surface area contributed by atoms with Gasteiger partial charge in [-0.15, -0.1) is 0 Å². The minimum Gasteiger partial charge on any atom is -0.497 e. The Bertz CT molecular complexity index is 496. The highest BCUT2D eigenvalue weighted by molar-refractivity contribution is 5.31. The van der Waals surface area contributed by atoms with Crippen LogP contribution < -0.4 is 16.0 Å². The molecule has 3 unspecified atom stereocenters. The molecule has 0 aliphatic carbocycles. The zero-order chi connectivity index (χ0) is 15.0. The number of halogens is 1. The van der Waals surface area contributed by atoms with E-state index in [0.29, 0.717) is 29.3 Å². The molecule has 2 aliphatic rings. The fourth-order valence-corrected chi connectivity index (χ4v) is 4.09. The van der Waals surface area contributed by atoms with Crippen molar-refractivity contribution in [3.05, 3.63) is 29.6 Å². The quantitative estimate of drug-likeness (QED) is 0.660. The predicted molar refractivity (Wildman–Crippen MR) is 80.3 cm³/mol. The summed E-state index contributed by atoms with van der Waals surface area (Å²) >= 11 is 0. The average molecular weight is 293 g/mol. The Hall–Kier alpha value is -1.17. The molecule has 3 rings (SSSR count). The molecular formula is C16H24FN3O. The summed E-state index contributed by atoms with van der Waals surface area (Å²) in [6.45, 7) is 0. The molecule has 3 atom stereocenters. The van der Waals surface area contributed by atoms with Gasteiger partial charge in [-0.2, -0.15) is 0 Å². The van der Waals surface area contributed by atoms with Crippen LogP contribution in [0.15, 0.2) is 18.2 Å². The SMILES string of the molecule is COc1ccc(C(NN)C2CC3CCC(C2)N3C)c(F)c1. The molecule has 116 valence electrons. The number of ether oxygens (including phenoxy) is 1. The Kier molecular flexibility index (Phi) is 4.15. The maximum atomic E-state index is 14.3. The van der Waals surface area contributed by atoms with Crippen LogP contribution in [-0.2, 0) is 0 Å². The van der Waals surface area contributed by atoms with Gasteiger partial charge in [-0.25, -0.2) is 4.39 Å². The number of methoxy groups -OCH3 is 1. The fourth-order valence-electron chi connectivity index (χ4n) is 4.09. The number of nitrogens with zero attached hydrogens (tertiary/aromatic N) is 1. The molecule has 2 saturated heterocycles. The molecule has 4 nitrogen and oxygen atoms in total. The average Bonchev–Trinajstić information content (AvgIpc) is 2.71. The second kappa shape index (κ2) is 5.91. The molecule has 0 spiro atoms. The Labute approximate surface area is 125 Å². The lowest BCUT2D eigenvalue weighted by Crippen LogP contribution is -2.45. The zero-order valence-corrected chi connectivity index (χ0v) is 12.7. The molecule has 0 saturated carbocycles. The van der Waals surface area contributed by atoms with Gasteiger partial charge in [-0.05, 0) is 44.7 Å². The number of fused-ring (bicyclic) bond motifs is 2. The van der Waals surface area contributed by atoms with Gasteiger partial charge in [0.15, 0.2) is 0 Å². The lowest BCUT2D eigenvalue weighted by Gasteiger charge is -2.39. The third-order valence-electron chi connectivity index (χ3n) is 5.33. The Balaban J connectivity index is 1.82. The molecule has 0 amide bonds. The normalized spacial score (nSPS) is 30.4. The summed E-state index contributed by atoms with van der Waals surface area (Å²) in [7, 11) is 3.75. The number of rotatable bonds is 4. The summed E-state index contributed by atoms with van der Waals surface area (Å²) in [5.74, 6) is 6.43. The Morgan fingerprint density at radius 1 is 1.33 bits per heavy atom. The highest BCUT2D eigenvalue weighted by atomic mass is 19.1. The summed E-state index contributed by atoms with van der Waals surface area (Å²) in [5.41, 5.74) is 3.50. The van der Waals surface area contributed by atoms with Crippen molar-refractivity contribution in [2.75, 3.05) is 14.2 Å². The van der Waals surface area contributed by atoms with Crippen LogP contribution in [0.4, 0.5) is 4.39 Å². The van der Waals surface area contributed by atoms with E-state index in [4.69, 9.17) is 10.6 Å². The first-order chi connectivity index (χ1) is 10.1. The van der Waals surface area contributed by atoms with E-state index in [1.54, 1.807) is 19.2 Å². The molecule has 21 heavy (non-hydrogen) atoms. The van der Waals surface area contributed by atoms with Crippen molar-refractivity contribution in [2.45, 2.75) is 43.8 Å². The highest BCUT2D eigenvalue weighted by Crippen LogP contribution is 2.42. The number of benzene rings is 1. The predicted octanol–water partition coefficient (Wildman–Crippen LogP) is 2.21. The van der Waals surface area contributed by atoms with Crippen LogP contribution >= 0.6 is 0 Å². The maximum Gasteiger partial charge on any atom is 0.131 e. The monoisotopic (exact) mass is 293 g/mol. The van der Waals surface area contributed by atoms with Crippen molar-refractivity contribution < 1.29 is 9.13 Å². The number of hydrogen-bond acceptors (Lipinski definition) is 4. The van der Waals surface area contributed by atoms with E-state index >= 15 is 0 Å². The van der Waals surface area contributed by atoms with Crippen molar-refractivity contribution in [3.8, 4) is 5.75 Å². The molecule has 2 aliphatic heterocycles. The van der Waals surface area contributed by atoms with E-state index < -0.39 is 0 Å². The van der Waals surface area contributed by atoms with Gasteiger partial charge in [0.05, 0.1) is 13.2 Å². The summed E-state index contributed by atoms with van der Waals surface area (Å²) in [6, 6.07) is 6.12.